The molecular weight excluding hydrogens is 361 g/mol. The molecule has 0 radical (unpaired) electrons. The lowest BCUT2D eigenvalue weighted by Crippen LogP contribution is -2.50. The zero-order chi connectivity index (χ0) is 20.6. The molecule has 1 aliphatic carbocycles. The van der Waals surface area contributed by atoms with Gasteiger partial charge in [-0.25, -0.2) is 4.79 Å². The summed E-state index contributed by atoms with van der Waals surface area (Å²) in [4.78, 5) is 19.2. The van der Waals surface area contributed by atoms with Gasteiger partial charge in [-0.2, -0.15) is 0 Å². The minimum Gasteiger partial charge on any atom is -0.489 e. The van der Waals surface area contributed by atoms with Crippen LogP contribution in [0.15, 0.2) is 49.1 Å². The van der Waals surface area contributed by atoms with Gasteiger partial charge in [0.1, 0.15) is 17.5 Å². The molecule has 2 heterocycles. The van der Waals surface area contributed by atoms with Crippen LogP contribution in [0.1, 0.15) is 33.6 Å². The number of rotatable bonds is 4. The Morgan fingerprint density at radius 2 is 1.79 bits per heavy atom. The highest BCUT2D eigenvalue weighted by Crippen LogP contribution is 2.25. The summed E-state index contributed by atoms with van der Waals surface area (Å²) in [5, 5.41) is 19.9. The minimum atomic E-state index is -1.40. The smallest absolute Gasteiger partial charge is 0.489 e. The Balaban J connectivity index is 0.000000261. The quantitative estimate of drug-likeness (QED) is 0.677. The number of amides is 1. The number of nitrogens with one attached hydrogen (secondary N) is 1. The van der Waals surface area contributed by atoms with E-state index in [0.29, 0.717) is 5.46 Å². The summed E-state index contributed by atoms with van der Waals surface area (Å²) in [6, 6.07) is 7.09. The highest BCUT2D eigenvalue weighted by Gasteiger charge is 2.33. The average molecular weight is 387 g/mol. The molecule has 1 amide bonds. The van der Waals surface area contributed by atoms with E-state index in [1.54, 1.807) is 30.7 Å². The Kier molecular flexibility index (Phi) is 7.77. The van der Waals surface area contributed by atoms with Crippen LogP contribution in [0, 0.1) is 0 Å². The van der Waals surface area contributed by atoms with Crippen LogP contribution in [0.4, 0.5) is 4.79 Å². The van der Waals surface area contributed by atoms with E-state index >= 15 is 0 Å². The number of nitrogens with zero attached hydrogens (tertiary/aromatic N) is 2. The van der Waals surface area contributed by atoms with Crippen molar-refractivity contribution in [1.29, 1.82) is 0 Å². The minimum absolute atomic E-state index is 0.136. The Labute approximate surface area is 165 Å². The van der Waals surface area contributed by atoms with Gasteiger partial charge in [-0.3, -0.25) is 9.97 Å². The molecule has 150 valence electrons. The second kappa shape index (κ2) is 10.1. The van der Waals surface area contributed by atoms with Crippen LogP contribution in [-0.4, -0.2) is 51.0 Å². The second-order valence-electron chi connectivity index (χ2n) is 7.40. The number of hydrogen-bond donors (Lipinski definition) is 3. The topological polar surface area (TPSA) is 114 Å². The highest BCUT2D eigenvalue weighted by atomic mass is 16.6. The monoisotopic (exact) mass is 387 g/mol. The molecule has 0 bridgehead atoms. The third-order valence-electron chi connectivity index (χ3n) is 3.74. The van der Waals surface area contributed by atoms with Crippen molar-refractivity contribution in [3.63, 3.8) is 0 Å². The van der Waals surface area contributed by atoms with Crippen LogP contribution < -0.4 is 15.5 Å². The first-order valence-corrected chi connectivity index (χ1v) is 9.05. The average Bonchev–Trinajstić information content (AvgIpc) is 2.60. The van der Waals surface area contributed by atoms with Gasteiger partial charge < -0.3 is 24.8 Å². The normalized spacial score (nSPS) is 18.0. The van der Waals surface area contributed by atoms with E-state index in [1.165, 1.54) is 6.20 Å². The molecule has 0 spiro atoms. The van der Waals surface area contributed by atoms with E-state index < -0.39 is 12.7 Å². The van der Waals surface area contributed by atoms with Gasteiger partial charge in [0, 0.05) is 42.9 Å². The molecule has 3 rings (SSSR count). The summed E-state index contributed by atoms with van der Waals surface area (Å²) < 4.78 is 10.9. The van der Waals surface area contributed by atoms with Gasteiger partial charge in [0.15, 0.2) is 0 Å². The maximum Gasteiger partial charge on any atom is 0.490 e. The standard InChI is InChI=1S/C14H20N2O3.C5H6BNO2/c1-14(2,3)19-13(17)16-10-7-12(8-10)18-11-5-4-6-15-9-11;8-6(9)5-2-1-3-7-4-5/h4-6,9-10,12H,7-8H2,1-3H3,(H,16,17);1-4,8-9H. The fraction of sp³-hybridized carbons (Fsp3) is 0.421. The van der Waals surface area contributed by atoms with Crippen molar-refractivity contribution >= 4 is 18.7 Å². The van der Waals surface area contributed by atoms with Crippen LogP contribution in [0.2, 0.25) is 0 Å². The van der Waals surface area contributed by atoms with Gasteiger partial charge in [0.2, 0.25) is 0 Å². The lowest BCUT2D eigenvalue weighted by molar-refractivity contribution is 0.0362. The van der Waals surface area contributed by atoms with E-state index in [2.05, 4.69) is 15.3 Å². The molecule has 0 unspecified atom stereocenters. The van der Waals surface area contributed by atoms with E-state index in [-0.39, 0.29) is 18.2 Å². The second-order valence-corrected chi connectivity index (χ2v) is 7.40. The summed E-state index contributed by atoms with van der Waals surface area (Å²) >= 11 is 0. The number of aromatic nitrogens is 2. The largest absolute Gasteiger partial charge is 0.490 e. The van der Waals surface area contributed by atoms with E-state index in [1.807, 2.05) is 32.9 Å². The zero-order valence-electron chi connectivity index (χ0n) is 16.3. The number of pyridine rings is 2. The Morgan fingerprint density at radius 3 is 2.25 bits per heavy atom. The summed E-state index contributed by atoms with van der Waals surface area (Å²) in [6.07, 6.45) is 7.76. The third kappa shape index (κ3) is 7.93. The first kappa shape index (κ1) is 21.7. The zero-order valence-corrected chi connectivity index (χ0v) is 16.3. The van der Waals surface area contributed by atoms with Crippen LogP contribution in [-0.2, 0) is 4.74 Å². The highest BCUT2D eigenvalue weighted by molar-refractivity contribution is 6.58. The summed E-state index contributed by atoms with van der Waals surface area (Å²) in [6.45, 7) is 5.55. The Hall–Kier alpha value is -2.65. The van der Waals surface area contributed by atoms with Gasteiger partial charge in [0.05, 0.1) is 6.20 Å². The van der Waals surface area contributed by atoms with Crippen LogP contribution in [0.3, 0.4) is 0 Å². The van der Waals surface area contributed by atoms with Gasteiger partial charge in [0.25, 0.3) is 0 Å². The first-order valence-electron chi connectivity index (χ1n) is 9.05. The molecule has 0 saturated heterocycles. The molecule has 0 aromatic carbocycles. The maximum atomic E-state index is 11.5. The predicted molar refractivity (Wildman–Crippen MR) is 105 cm³/mol. The molecule has 2 aromatic heterocycles. The van der Waals surface area contributed by atoms with Gasteiger partial charge in [-0.05, 0) is 39.0 Å². The molecule has 0 atom stereocenters. The molecule has 2 aromatic rings. The van der Waals surface area contributed by atoms with Crippen molar-refractivity contribution in [2.75, 3.05) is 0 Å². The molecule has 9 heteroatoms. The molecule has 8 nitrogen and oxygen atoms in total. The Morgan fingerprint density at radius 1 is 1.14 bits per heavy atom. The fourth-order valence-corrected chi connectivity index (χ4v) is 2.39. The predicted octanol–water partition coefficient (Wildman–Crippen LogP) is 1.28. The van der Waals surface area contributed by atoms with E-state index in [9.17, 15) is 4.79 Å². The lowest BCUT2D eigenvalue weighted by Gasteiger charge is -2.36. The number of carbonyl (C=O) groups is 1. The first-order chi connectivity index (χ1) is 13.2. The van der Waals surface area contributed by atoms with Crippen molar-refractivity contribution in [3.8, 4) is 5.75 Å². The van der Waals surface area contributed by atoms with E-state index in [4.69, 9.17) is 19.5 Å². The number of ether oxygens (including phenoxy) is 2. The number of hydrogen-bond acceptors (Lipinski definition) is 7. The van der Waals surface area contributed by atoms with Gasteiger partial charge >= 0.3 is 13.2 Å². The molecule has 1 fully saturated rings. The number of carbonyl (C=O) groups excluding carboxylic acids is 1. The van der Waals surface area contributed by atoms with Gasteiger partial charge in [-0.1, -0.05) is 6.07 Å². The summed E-state index contributed by atoms with van der Waals surface area (Å²) in [5.41, 5.74) is -0.0445. The number of alkyl carbamates (subject to hydrolysis) is 1. The van der Waals surface area contributed by atoms with Crippen molar-refractivity contribution in [2.45, 2.75) is 51.4 Å². The van der Waals surface area contributed by atoms with Crippen LogP contribution >= 0.6 is 0 Å². The van der Waals surface area contributed by atoms with Crippen molar-refractivity contribution in [2.24, 2.45) is 0 Å². The lowest BCUT2D eigenvalue weighted by atomic mass is 9.82. The summed E-state index contributed by atoms with van der Waals surface area (Å²) in [5.74, 6) is 0.767. The summed E-state index contributed by atoms with van der Waals surface area (Å²) in [7, 11) is -1.40. The molecule has 0 aliphatic heterocycles. The molecular formula is C19H26BN3O5. The molecule has 28 heavy (non-hydrogen) atoms. The molecule has 3 N–H and O–H groups in total. The van der Waals surface area contributed by atoms with Gasteiger partial charge in [-0.15, -0.1) is 0 Å². The fourth-order valence-electron chi connectivity index (χ4n) is 2.39. The van der Waals surface area contributed by atoms with Crippen molar-refractivity contribution < 1.29 is 24.3 Å². The van der Waals surface area contributed by atoms with Crippen LogP contribution in [0.25, 0.3) is 0 Å². The van der Waals surface area contributed by atoms with Crippen LogP contribution in [0.5, 0.6) is 5.75 Å². The SMILES string of the molecule is CC(C)(C)OC(=O)NC1CC(Oc2cccnc2)C1.OB(O)c1cccnc1. The van der Waals surface area contributed by atoms with Crippen molar-refractivity contribution in [1.82, 2.24) is 15.3 Å². The molecule has 1 aliphatic rings. The Bertz CT molecular complexity index is 719. The van der Waals surface area contributed by atoms with Crippen molar-refractivity contribution in [3.05, 3.63) is 49.1 Å². The van der Waals surface area contributed by atoms with E-state index in [0.717, 1.165) is 18.6 Å². The third-order valence-corrected chi connectivity index (χ3v) is 3.74. The maximum absolute atomic E-state index is 11.5. The molecule has 1 saturated carbocycles.